The smallest absolute Gasteiger partial charge is 0.351 e. The van der Waals surface area contributed by atoms with Crippen LogP contribution < -0.4 is 10.6 Å². The average Bonchev–Trinajstić information content (AvgIpc) is 3.67. The molecule has 3 aromatic heterocycles. The van der Waals surface area contributed by atoms with Crippen LogP contribution in [0.5, 0.6) is 0 Å². The molecule has 3 aromatic rings. The van der Waals surface area contributed by atoms with Gasteiger partial charge in [0.2, 0.25) is 17.8 Å². The summed E-state index contributed by atoms with van der Waals surface area (Å²) in [6, 6.07) is 8.65. The lowest BCUT2D eigenvalue weighted by atomic mass is 9.92. The van der Waals surface area contributed by atoms with Crippen molar-refractivity contribution in [3.05, 3.63) is 47.9 Å². The molecule has 0 aliphatic heterocycles. The van der Waals surface area contributed by atoms with E-state index in [9.17, 15) is 27.2 Å². The lowest BCUT2D eigenvalue weighted by Gasteiger charge is -2.28. The second kappa shape index (κ2) is 9.17. The first-order valence-corrected chi connectivity index (χ1v) is 11.7. The van der Waals surface area contributed by atoms with Gasteiger partial charge in [-0.05, 0) is 49.9 Å². The molecule has 5 rings (SSSR count). The Kier molecular flexibility index (Phi) is 6.13. The Morgan fingerprint density at radius 1 is 0.946 bits per heavy atom. The number of aromatic nitrogens is 5. The predicted molar refractivity (Wildman–Crippen MR) is 123 cm³/mol. The number of nitriles is 1. The summed E-state index contributed by atoms with van der Waals surface area (Å²) in [6.45, 7) is 0. The maximum atomic E-state index is 13.6. The van der Waals surface area contributed by atoms with E-state index >= 15 is 0 Å². The summed E-state index contributed by atoms with van der Waals surface area (Å²) in [5, 5.41) is 15.5. The molecule has 13 heteroatoms. The number of alkyl halides is 5. The molecular formula is C24H21F5N8. The first kappa shape index (κ1) is 24.7. The van der Waals surface area contributed by atoms with Gasteiger partial charge in [0.1, 0.15) is 11.4 Å². The number of hydrogen-bond acceptors (Lipinski definition) is 8. The van der Waals surface area contributed by atoms with Crippen LogP contribution in [0.1, 0.15) is 49.9 Å². The molecule has 192 valence electrons. The molecule has 2 fully saturated rings. The van der Waals surface area contributed by atoms with Gasteiger partial charge in [0.25, 0.3) is 0 Å². The van der Waals surface area contributed by atoms with Crippen molar-refractivity contribution in [3.8, 4) is 17.6 Å². The van der Waals surface area contributed by atoms with Crippen LogP contribution in [-0.2, 0) is 11.6 Å². The van der Waals surface area contributed by atoms with Gasteiger partial charge >= 0.3 is 6.18 Å². The Morgan fingerprint density at radius 3 is 2.35 bits per heavy atom. The zero-order valence-corrected chi connectivity index (χ0v) is 19.4. The molecule has 2 saturated carbocycles. The van der Waals surface area contributed by atoms with E-state index in [2.05, 4.69) is 41.6 Å². The van der Waals surface area contributed by atoms with Crippen molar-refractivity contribution in [1.82, 2.24) is 24.9 Å². The highest BCUT2D eigenvalue weighted by Crippen LogP contribution is 2.47. The zero-order chi connectivity index (χ0) is 26.3. The number of rotatable bonds is 6. The number of hydrogen-bond donors (Lipinski definition) is 2. The van der Waals surface area contributed by atoms with Crippen LogP contribution in [0, 0.1) is 11.3 Å². The van der Waals surface area contributed by atoms with Crippen molar-refractivity contribution in [3.63, 3.8) is 0 Å². The van der Waals surface area contributed by atoms with Gasteiger partial charge in [-0.15, -0.1) is 0 Å². The lowest BCUT2D eigenvalue weighted by molar-refractivity contribution is -0.141. The largest absolute Gasteiger partial charge is 0.433 e. The van der Waals surface area contributed by atoms with Crippen LogP contribution in [0.15, 0.2) is 36.5 Å². The molecule has 0 atom stereocenters. The quantitative estimate of drug-likeness (QED) is 0.405. The highest BCUT2D eigenvalue weighted by Gasteiger charge is 2.46. The van der Waals surface area contributed by atoms with Crippen molar-refractivity contribution in [1.29, 1.82) is 5.26 Å². The summed E-state index contributed by atoms with van der Waals surface area (Å²) < 4.78 is 66.9. The zero-order valence-electron chi connectivity index (χ0n) is 19.4. The monoisotopic (exact) mass is 516 g/mol. The Balaban J connectivity index is 1.47. The second-order valence-corrected chi connectivity index (χ2v) is 9.24. The lowest BCUT2D eigenvalue weighted by Crippen LogP contribution is -2.32. The summed E-state index contributed by atoms with van der Waals surface area (Å²) in [5.41, 5.74) is -0.747. The standard InChI is InChI=1S/C24H21F5N8/c25-23(26)7-4-14(5-8-23)32-20-35-19(16-2-1-3-17(34-16)24(27,28)29)36-21(37-20)33-15-6-11-31-18(12-15)22(13-30)9-10-22/h1-3,6,11-12,14H,4-5,7-10H2,(H2,31,32,33,35,36,37). The van der Waals surface area contributed by atoms with E-state index in [1.54, 1.807) is 12.1 Å². The van der Waals surface area contributed by atoms with Crippen LogP contribution in [0.2, 0.25) is 0 Å². The highest BCUT2D eigenvalue weighted by molar-refractivity contribution is 5.60. The number of anilines is 3. The fourth-order valence-electron chi connectivity index (χ4n) is 4.14. The summed E-state index contributed by atoms with van der Waals surface area (Å²) in [4.78, 5) is 20.7. The molecule has 37 heavy (non-hydrogen) atoms. The van der Waals surface area contributed by atoms with Crippen LogP contribution in [0.3, 0.4) is 0 Å². The van der Waals surface area contributed by atoms with E-state index in [1.807, 2.05) is 0 Å². The minimum atomic E-state index is -4.66. The third-order valence-electron chi connectivity index (χ3n) is 6.42. The molecule has 2 aliphatic rings. The van der Waals surface area contributed by atoms with Gasteiger partial charge in [-0.1, -0.05) is 6.07 Å². The molecular weight excluding hydrogens is 495 g/mol. The first-order chi connectivity index (χ1) is 17.6. The van der Waals surface area contributed by atoms with Crippen molar-refractivity contribution < 1.29 is 22.0 Å². The van der Waals surface area contributed by atoms with Gasteiger partial charge in [-0.2, -0.15) is 33.4 Å². The Bertz CT molecular complexity index is 1340. The second-order valence-electron chi connectivity index (χ2n) is 9.24. The molecule has 0 radical (unpaired) electrons. The maximum absolute atomic E-state index is 13.6. The summed E-state index contributed by atoms with van der Waals surface area (Å²) >= 11 is 0. The topological polar surface area (TPSA) is 112 Å². The normalized spacial score (nSPS) is 18.6. The minimum absolute atomic E-state index is 0.00630. The van der Waals surface area contributed by atoms with Crippen LogP contribution in [-0.4, -0.2) is 36.9 Å². The summed E-state index contributed by atoms with van der Waals surface area (Å²) in [7, 11) is 0. The van der Waals surface area contributed by atoms with E-state index < -0.39 is 23.2 Å². The van der Waals surface area contributed by atoms with Crippen LogP contribution in [0.4, 0.5) is 39.5 Å². The molecule has 2 aliphatic carbocycles. The molecule has 0 spiro atoms. The SMILES string of the molecule is N#CC1(c2cc(Nc3nc(NC4CCC(F)(F)CC4)nc(-c4cccc(C(F)(F)F)n4)n3)ccn2)CC1. The van der Waals surface area contributed by atoms with Crippen molar-refractivity contribution in [2.75, 3.05) is 10.6 Å². The Morgan fingerprint density at radius 2 is 1.68 bits per heavy atom. The maximum Gasteiger partial charge on any atom is 0.433 e. The summed E-state index contributed by atoms with van der Waals surface area (Å²) in [6.07, 6.45) is -1.94. The van der Waals surface area contributed by atoms with E-state index in [0.29, 0.717) is 24.2 Å². The van der Waals surface area contributed by atoms with Crippen LogP contribution in [0.25, 0.3) is 11.5 Å². The highest BCUT2D eigenvalue weighted by atomic mass is 19.4. The first-order valence-electron chi connectivity index (χ1n) is 11.7. The molecule has 0 amide bonds. The number of pyridine rings is 2. The van der Waals surface area contributed by atoms with Gasteiger partial charge in [0, 0.05) is 30.8 Å². The fourth-order valence-corrected chi connectivity index (χ4v) is 4.14. The van der Waals surface area contributed by atoms with E-state index in [-0.39, 0.29) is 55.1 Å². The van der Waals surface area contributed by atoms with Gasteiger partial charge in [-0.3, -0.25) is 4.98 Å². The third-order valence-corrected chi connectivity index (χ3v) is 6.42. The van der Waals surface area contributed by atoms with Gasteiger partial charge < -0.3 is 10.6 Å². The van der Waals surface area contributed by atoms with E-state index in [1.165, 1.54) is 18.3 Å². The number of halogens is 5. The Labute approximate surface area is 208 Å². The predicted octanol–water partition coefficient (Wildman–Crippen LogP) is 5.64. The van der Waals surface area contributed by atoms with E-state index in [4.69, 9.17) is 0 Å². The van der Waals surface area contributed by atoms with E-state index in [0.717, 1.165) is 6.07 Å². The van der Waals surface area contributed by atoms with Crippen molar-refractivity contribution in [2.24, 2.45) is 0 Å². The Hall–Kier alpha value is -3.95. The number of nitrogens with one attached hydrogen (secondary N) is 2. The van der Waals surface area contributed by atoms with Crippen molar-refractivity contribution in [2.45, 2.75) is 62.1 Å². The minimum Gasteiger partial charge on any atom is -0.351 e. The molecule has 0 aromatic carbocycles. The molecule has 0 unspecified atom stereocenters. The molecule has 8 nitrogen and oxygen atoms in total. The summed E-state index contributed by atoms with van der Waals surface area (Å²) in [5.74, 6) is -2.82. The van der Waals surface area contributed by atoms with Crippen molar-refractivity contribution >= 4 is 17.6 Å². The fraction of sp³-hybridized carbons (Fsp3) is 0.417. The van der Waals surface area contributed by atoms with Gasteiger partial charge in [-0.25, -0.2) is 13.8 Å². The van der Waals surface area contributed by atoms with Gasteiger partial charge in [0.05, 0.1) is 17.2 Å². The van der Waals surface area contributed by atoms with Gasteiger partial charge in [0.15, 0.2) is 5.82 Å². The molecule has 2 N–H and O–H groups in total. The third kappa shape index (κ3) is 5.58. The molecule has 3 heterocycles. The number of nitrogens with zero attached hydrogens (tertiary/aromatic N) is 6. The molecule has 0 bridgehead atoms. The molecule has 0 saturated heterocycles. The van der Waals surface area contributed by atoms with Crippen LogP contribution >= 0.6 is 0 Å². The average molecular weight is 516 g/mol.